The van der Waals surface area contributed by atoms with Crippen molar-refractivity contribution in [1.82, 2.24) is 4.98 Å². The first-order valence-corrected chi connectivity index (χ1v) is 9.90. The van der Waals surface area contributed by atoms with E-state index in [4.69, 9.17) is 9.40 Å². The number of furan rings is 1. The molecule has 2 heterocycles. The molecular weight excluding hydrogens is 372 g/mol. The quantitative estimate of drug-likeness (QED) is 0.369. The fourth-order valence-corrected chi connectivity index (χ4v) is 3.71. The Kier molecular flexibility index (Phi) is 4.52. The number of hydrogen-bond donors (Lipinski definition) is 0. The molecule has 0 saturated carbocycles. The Hall–Kier alpha value is -3.92. The molecule has 0 aliphatic carbocycles. The third-order valence-corrected chi connectivity index (χ3v) is 5.26. The topological polar surface area (TPSA) is 46.3 Å². The van der Waals surface area contributed by atoms with E-state index in [1.54, 1.807) is 11.0 Å². The molecule has 0 unspecified atom stereocenters. The smallest absolute Gasteiger partial charge is 0.294 e. The first-order chi connectivity index (χ1) is 14.7. The highest BCUT2D eigenvalue weighted by Crippen LogP contribution is 2.27. The molecule has 0 radical (unpaired) electrons. The molecule has 5 rings (SSSR count). The van der Waals surface area contributed by atoms with Crippen LogP contribution < -0.4 is 4.90 Å². The number of anilines is 1. The van der Waals surface area contributed by atoms with Crippen LogP contribution in [-0.4, -0.2) is 10.9 Å². The summed E-state index contributed by atoms with van der Waals surface area (Å²) in [5, 5.41) is 1.99. The van der Waals surface area contributed by atoms with E-state index in [2.05, 4.69) is 0 Å². The van der Waals surface area contributed by atoms with Gasteiger partial charge in [0, 0.05) is 16.5 Å². The summed E-state index contributed by atoms with van der Waals surface area (Å²) in [5.74, 6) is 0.135. The minimum Gasteiger partial charge on any atom is -0.451 e. The SMILES string of the molecule is Cc1ccccc1N(Cc1ccc2ccccc2n1)C(=O)c1cc2ccccc2o1. The van der Waals surface area contributed by atoms with Crippen molar-refractivity contribution in [2.45, 2.75) is 13.5 Å². The summed E-state index contributed by atoms with van der Waals surface area (Å²) in [6.07, 6.45) is 0. The second-order valence-electron chi connectivity index (χ2n) is 7.32. The van der Waals surface area contributed by atoms with E-state index in [-0.39, 0.29) is 5.91 Å². The Balaban J connectivity index is 1.57. The Morgan fingerprint density at radius 3 is 2.43 bits per heavy atom. The summed E-state index contributed by atoms with van der Waals surface area (Å²) in [5.41, 5.74) is 4.30. The fraction of sp³-hybridized carbons (Fsp3) is 0.0769. The number of benzene rings is 3. The van der Waals surface area contributed by atoms with Gasteiger partial charge in [0.25, 0.3) is 5.91 Å². The zero-order valence-electron chi connectivity index (χ0n) is 16.6. The minimum absolute atomic E-state index is 0.185. The van der Waals surface area contributed by atoms with Crippen molar-refractivity contribution in [2.24, 2.45) is 0 Å². The average Bonchev–Trinajstić information content (AvgIpc) is 3.22. The number of para-hydroxylation sites is 3. The number of amides is 1. The summed E-state index contributed by atoms with van der Waals surface area (Å²) in [4.78, 5) is 20.0. The predicted octanol–water partition coefficient (Wildman–Crippen LogP) is 6.14. The molecule has 1 amide bonds. The standard InChI is InChI=1S/C26H20N2O2/c1-18-8-2-6-12-23(18)28(17-21-15-14-19-9-3-5-11-22(19)27-21)26(29)25-16-20-10-4-7-13-24(20)30-25/h2-16H,17H2,1H3. The van der Waals surface area contributed by atoms with Crippen molar-refractivity contribution in [1.29, 1.82) is 0 Å². The number of rotatable bonds is 4. The summed E-state index contributed by atoms with van der Waals surface area (Å²) >= 11 is 0. The van der Waals surface area contributed by atoms with Gasteiger partial charge in [0.2, 0.25) is 0 Å². The fourth-order valence-electron chi connectivity index (χ4n) is 3.71. The maximum absolute atomic E-state index is 13.5. The van der Waals surface area contributed by atoms with Crippen molar-refractivity contribution in [3.05, 3.63) is 108 Å². The third kappa shape index (κ3) is 3.33. The van der Waals surface area contributed by atoms with E-state index in [1.807, 2.05) is 91.9 Å². The van der Waals surface area contributed by atoms with Crippen LogP contribution in [0.15, 0.2) is 95.4 Å². The van der Waals surface area contributed by atoms with E-state index in [1.165, 1.54) is 0 Å². The molecule has 0 aliphatic heterocycles. The zero-order valence-corrected chi connectivity index (χ0v) is 16.6. The molecule has 2 aromatic heterocycles. The van der Waals surface area contributed by atoms with Gasteiger partial charge in [-0.05, 0) is 42.8 Å². The molecule has 4 heteroatoms. The van der Waals surface area contributed by atoms with Crippen molar-refractivity contribution in [3.63, 3.8) is 0 Å². The molecule has 3 aromatic carbocycles. The molecule has 0 spiro atoms. The van der Waals surface area contributed by atoms with Gasteiger partial charge in [-0.2, -0.15) is 0 Å². The van der Waals surface area contributed by atoms with Crippen molar-refractivity contribution >= 4 is 33.5 Å². The summed E-state index contributed by atoms with van der Waals surface area (Å²) < 4.78 is 5.87. The van der Waals surface area contributed by atoms with Crippen LogP contribution >= 0.6 is 0 Å². The van der Waals surface area contributed by atoms with Gasteiger partial charge in [-0.3, -0.25) is 14.7 Å². The predicted molar refractivity (Wildman–Crippen MR) is 120 cm³/mol. The van der Waals surface area contributed by atoms with Crippen LogP contribution in [0.3, 0.4) is 0 Å². The average molecular weight is 392 g/mol. The van der Waals surface area contributed by atoms with Gasteiger partial charge in [0.1, 0.15) is 5.58 Å². The first kappa shape index (κ1) is 18.1. The lowest BCUT2D eigenvalue weighted by Crippen LogP contribution is -2.31. The van der Waals surface area contributed by atoms with Gasteiger partial charge in [-0.1, -0.05) is 60.7 Å². The number of hydrogen-bond acceptors (Lipinski definition) is 3. The summed E-state index contributed by atoms with van der Waals surface area (Å²) in [6.45, 7) is 2.35. The van der Waals surface area contributed by atoms with Gasteiger partial charge >= 0.3 is 0 Å². The van der Waals surface area contributed by atoms with E-state index >= 15 is 0 Å². The first-order valence-electron chi connectivity index (χ1n) is 9.90. The third-order valence-electron chi connectivity index (χ3n) is 5.26. The molecule has 0 bridgehead atoms. The molecule has 0 atom stereocenters. The Morgan fingerprint density at radius 2 is 1.60 bits per heavy atom. The number of aryl methyl sites for hydroxylation is 1. The molecule has 0 fully saturated rings. The highest BCUT2D eigenvalue weighted by atomic mass is 16.3. The molecule has 4 nitrogen and oxygen atoms in total. The second-order valence-corrected chi connectivity index (χ2v) is 7.32. The number of aromatic nitrogens is 1. The lowest BCUT2D eigenvalue weighted by Gasteiger charge is -2.23. The lowest BCUT2D eigenvalue weighted by molar-refractivity contribution is 0.0960. The molecule has 0 aliphatic rings. The zero-order chi connectivity index (χ0) is 20.5. The van der Waals surface area contributed by atoms with Crippen LogP contribution in [0.2, 0.25) is 0 Å². The van der Waals surface area contributed by atoms with Crippen LogP contribution in [-0.2, 0) is 6.54 Å². The van der Waals surface area contributed by atoms with E-state index in [0.717, 1.165) is 33.2 Å². The molecular formula is C26H20N2O2. The van der Waals surface area contributed by atoms with Gasteiger partial charge in [0.15, 0.2) is 5.76 Å². The number of pyridine rings is 1. The van der Waals surface area contributed by atoms with Gasteiger partial charge < -0.3 is 4.42 Å². The summed E-state index contributed by atoms with van der Waals surface area (Å²) in [7, 11) is 0. The normalized spacial score (nSPS) is 11.1. The monoisotopic (exact) mass is 392 g/mol. The highest BCUT2D eigenvalue weighted by Gasteiger charge is 2.23. The second kappa shape index (κ2) is 7.48. The molecule has 0 saturated heterocycles. The molecule has 30 heavy (non-hydrogen) atoms. The molecule has 146 valence electrons. The van der Waals surface area contributed by atoms with Gasteiger partial charge in [-0.25, -0.2) is 0 Å². The van der Waals surface area contributed by atoms with E-state index in [0.29, 0.717) is 17.9 Å². The largest absolute Gasteiger partial charge is 0.451 e. The maximum atomic E-state index is 13.5. The van der Waals surface area contributed by atoms with Crippen LogP contribution in [0.1, 0.15) is 21.8 Å². The van der Waals surface area contributed by atoms with Gasteiger partial charge in [-0.15, -0.1) is 0 Å². The Morgan fingerprint density at radius 1 is 0.867 bits per heavy atom. The van der Waals surface area contributed by atoms with Gasteiger partial charge in [0.05, 0.1) is 17.8 Å². The van der Waals surface area contributed by atoms with Crippen molar-refractivity contribution in [2.75, 3.05) is 4.90 Å². The molecule has 5 aromatic rings. The highest BCUT2D eigenvalue weighted by molar-refractivity contribution is 6.06. The minimum atomic E-state index is -0.185. The van der Waals surface area contributed by atoms with Crippen LogP contribution in [0.4, 0.5) is 5.69 Å². The van der Waals surface area contributed by atoms with Crippen LogP contribution in [0, 0.1) is 6.92 Å². The lowest BCUT2D eigenvalue weighted by atomic mass is 10.1. The maximum Gasteiger partial charge on any atom is 0.294 e. The van der Waals surface area contributed by atoms with Crippen molar-refractivity contribution in [3.8, 4) is 0 Å². The van der Waals surface area contributed by atoms with Crippen LogP contribution in [0.25, 0.3) is 21.9 Å². The Labute approximate surface area is 174 Å². The summed E-state index contributed by atoms with van der Waals surface area (Å²) in [6, 6.07) is 29.3. The number of carbonyl (C=O) groups is 1. The van der Waals surface area contributed by atoms with Crippen LogP contribution in [0.5, 0.6) is 0 Å². The van der Waals surface area contributed by atoms with E-state index < -0.39 is 0 Å². The molecule has 0 N–H and O–H groups in total. The number of fused-ring (bicyclic) bond motifs is 2. The number of carbonyl (C=O) groups excluding carboxylic acids is 1. The van der Waals surface area contributed by atoms with Crippen molar-refractivity contribution < 1.29 is 9.21 Å². The van der Waals surface area contributed by atoms with E-state index in [9.17, 15) is 4.79 Å². The number of nitrogens with zero attached hydrogens (tertiary/aromatic N) is 2. The Bertz CT molecular complexity index is 1340.